The molecule has 0 bridgehead atoms. The lowest BCUT2D eigenvalue weighted by atomic mass is 10.1. The molecule has 1 aliphatic rings. The Kier molecular flexibility index (Phi) is 8.43. The van der Waals surface area contributed by atoms with Crippen LogP contribution in [0, 0.1) is 5.82 Å². The number of hydrogen-bond donors (Lipinski definition) is 2. The van der Waals surface area contributed by atoms with Crippen molar-refractivity contribution in [2.24, 2.45) is 4.99 Å². The average molecular weight is 510 g/mol. The molecule has 2 aromatic carbocycles. The zero-order valence-electron chi connectivity index (χ0n) is 17.0. The number of carbonyl (C=O) groups excluding carboxylic acids is 1. The van der Waals surface area contributed by atoms with Crippen molar-refractivity contribution in [3.05, 3.63) is 71.0 Å². The highest BCUT2D eigenvalue weighted by molar-refractivity contribution is 14.0. The van der Waals surface area contributed by atoms with E-state index in [0.717, 1.165) is 30.1 Å². The summed E-state index contributed by atoms with van der Waals surface area (Å²) < 4.78 is 13.9. The maximum atomic E-state index is 13.9. The second-order valence-electron chi connectivity index (χ2n) is 7.21. The average Bonchev–Trinajstić information content (AvgIpc) is 3.45. The topological polar surface area (TPSA) is 56.7 Å². The Balaban J connectivity index is 0.00000300. The second kappa shape index (κ2) is 10.6. The molecule has 1 aliphatic carbocycles. The summed E-state index contributed by atoms with van der Waals surface area (Å²) in [6.45, 7) is 3.27. The number of nitrogens with zero attached hydrogens (tertiary/aromatic N) is 2. The van der Waals surface area contributed by atoms with E-state index in [4.69, 9.17) is 0 Å². The molecule has 1 fully saturated rings. The first-order valence-corrected chi connectivity index (χ1v) is 9.59. The Morgan fingerprint density at radius 3 is 2.48 bits per heavy atom. The minimum atomic E-state index is -0.147. The molecule has 0 saturated heterocycles. The quantitative estimate of drug-likeness (QED) is 0.354. The Morgan fingerprint density at radius 2 is 1.86 bits per heavy atom. The molecule has 29 heavy (non-hydrogen) atoms. The summed E-state index contributed by atoms with van der Waals surface area (Å²) >= 11 is 0. The van der Waals surface area contributed by atoms with Crippen molar-refractivity contribution in [1.82, 2.24) is 15.5 Å². The molecule has 5 nitrogen and oxygen atoms in total. The Labute approximate surface area is 188 Å². The normalized spacial score (nSPS) is 17.9. The molecule has 0 spiro atoms. The smallest absolute Gasteiger partial charge is 0.253 e. The highest BCUT2D eigenvalue weighted by Gasteiger charge is 2.40. The highest BCUT2D eigenvalue weighted by Crippen LogP contribution is 2.41. The number of amides is 1. The zero-order chi connectivity index (χ0) is 20.1. The predicted octanol–water partition coefficient (Wildman–Crippen LogP) is 3.76. The number of rotatable bonds is 6. The summed E-state index contributed by atoms with van der Waals surface area (Å²) in [5.74, 6) is 0.741. The summed E-state index contributed by atoms with van der Waals surface area (Å²) in [6, 6.07) is 14.6. The molecule has 2 N–H and O–H groups in total. The van der Waals surface area contributed by atoms with Gasteiger partial charge in [0.2, 0.25) is 0 Å². The molecule has 0 aromatic heterocycles. The maximum absolute atomic E-state index is 13.9. The minimum Gasteiger partial charge on any atom is -0.357 e. The van der Waals surface area contributed by atoms with Crippen LogP contribution in [0.2, 0.25) is 0 Å². The summed E-state index contributed by atoms with van der Waals surface area (Å²) in [4.78, 5) is 18.1. The molecular formula is C22H28FIN4O. The number of halogens is 2. The van der Waals surface area contributed by atoms with E-state index < -0.39 is 0 Å². The van der Waals surface area contributed by atoms with E-state index in [0.29, 0.717) is 12.1 Å². The van der Waals surface area contributed by atoms with Gasteiger partial charge >= 0.3 is 0 Å². The fraction of sp³-hybridized carbons (Fsp3) is 0.364. The highest BCUT2D eigenvalue weighted by atomic mass is 127. The first-order valence-electron chi connectivity index (χ1n) is 9.59. The van der Waals surface area contributed by atoms with E-state index in [1.54, 1.807) is 25.1 Å². The second-order valence-corrected chi connectivity index (χ2v) is 7.21. The summed E-state index contributed by atoms with van der Waals surface area (Å²) in [5, 5.41) is 6.63. The third-order valence-electron chi connectivity index (χ3n) is 4.79. The molecule has 3 rings (SSSR count). The number of benzene rings is 2. The molecule has 0 aliphatic heterocycles. The van der Waals surface area contributed by atoms with Gasteiger partial charge in [-0.2, -0.15) is 0 Å². The van der Waals surface area contributed by atoms with E-state index in [-0.39, 0.29) is 47.7 Å². The largest absolute Gasteiger partial charge is 0.357 e. The van der Waals surface area contributed by atoms with Gasteiger partial charge in [-0.25, -0.2) is 9.38 Å². The van der Waals surface area contributed by atoms with Crippen LogP contribution < -0.4 is 10.6 Å². The zero-order valence-corrected chi connectivity index (χ0v) is 19.3. The fourth-order valence-corrected chi connectivity index (χ4v) is 3.15. The van der Waals surface area contributed by atoms with Crippen molar-refractivity contribution in [2.45, 2.75) is 31.8 Å². The number of carbonyl (C=O) groups is 1. The molecule has 2 aromatic rings. The van der Waals surface area contributed by atoms with Crippen LogP contribution in [-0.2, 0) is 6.54 Å². The van der Waals surface area contributed by atoms with Gasteiger partial charge in [-0.3, -0.25) is 4.79 Å². The maximum Gasteiger partial charge on any atom is 0.253 e. The number of nitrogens with one attached hydrogen (secondary N) is 2. The van der Waals surface area contributed by atoms with Crippen molar-refractivity contribution >= 4 is 35.8 Å². The van der Waals surface area contributed by atoms with Gasteiger partial charge in [-0.15, -0.1) is 24.0 Å². The number of guanidine groups is 1. The lowest BCUT2D eigenvalue weighted by molar-refractivity contribution is 0.0827. The third kappa shape index (κ3) is 6.16. The van der Waals surface area contributed by atoms with Crippen LogP contribution in [-0.4, -0.2) is 43.4 Å². The molecular weight excluding hydrogens is 482 g/mol. The van der Waals surface area contributed by atoms with E-state index in [1.165, 1.54) is 6.07 Å². The van der Waals surface area contributed by atoms with Gasteiger partial charge in [0.1, 0.15) is 5.82 Å². The van der Waals surface area contributed by atoms with Gasteiger partial charge < -0.3 is 15.5 Å². The summed E-state index contributed by atoms with van der Waals surface area (Å²) in [5.41, 5.74) is 2.44. The van der Waals surface area contributed by atoms with E-state index >= 15 is 0 Å². The van der Waals surface area contributed by atoms with Crippen LogP contribution >= 0.6 is 24.0 Å². The van der Waals surface area contributed by atoms with Crippen LogP contribution in [0.5, 0.6) is 0 Å². The summed E-state index contributed by atoms with van der Waals surface area (Å²) in [6.07, 6.45) is 0.896. The standard InChI is InChI=1S/C22H27FN4O.HI/c1-4-24-22(26-20-13-18(20)17-7-5-6-8-19(17)23)25-14-15-9-11-16(12-10-15)21(28)27(2)3;/h5-12,18,20H,4,13-14H2,1-3H3,(H2,24,25,26);1H. The van der Waals surface area contributed by atoms with Crippen molar-refractivity contribution in [2.75, 3.05) is 20.6 Å². The predicted molar refractivity (Wildman–Crippen MR) is 125 cm³/mol. The first-order chi connectivity index (χ1) is 13.5. The van der Waals surface area contributed by atoms with Gasteiger partial charge in [0.15, 0.2) is 5.96 Å². The van der Waals surface area contributed by atoms with Crippen molar-refractivity contribution in [3.63, 3.8) is 0 Å². The van der Waals surface area contributed by atoms with Gasteiger partial charge in [-0.05, 0) is 42.7 Å². The SMILES string of the molecule is CCNC(=NCc1ccc(C(=O)N(C)C)cc1)NC1CC1c1ccccc1F.I. The molecule has 0 heterocycles. The summed E-state index contributed by atoms with van der Waals surface area (Å²) in [7, 11) is 3.47. The van der Waals surface area contributed by atoms with Crippen LogP contribution in [0.25, 0.3) is 0 Å². The molecule has 0 radical (unpaired) electrons. The molecule has 1 saturated carbocycles. The Bertz CT molecular complexity index is 854. The van der Waals surface area contributed by atoms with Crippen molar-refractivity contribution in [3.8, 4) is 0 Å². The Morgan fingerprint density at radius 1 is 1.17 bits per heavy atom. The number of aliphatic imine (C=N–C) groups is 1. The molecule has 1 amide bonds. The first kappa shape index (κ1) is 23.1. The lowest BCUT2D eigenvalue weighted by Gasteiger charge is -2.12. The van der Waals surface area contributed by atoms with Crippen LogP contribution in [0.15, 0.2) is 53.5 Å². The third-order valence-corrected chi connectivity index (χ3v) is 4.79. The molecule has 2 unspecified atom stereocenters. The van der Waals surface area contributed by atoms with Crippen molar-refractivity contribution < 1.29 is 9.18 Å². The molecule has 7 heteroatoms. The molecule has 156 valence electrons. The molecule has 2 atom stereocenters. The van der Waals surface area contributed by atoms with Crippen LogP contribution in [0.1, 0.15) is 40.7 Å². The van der Waals surface area contributed by atoms with Gasteiger partial charge in [0.05, 0.1) is 6.54 Å². The van der Waals surface area contributed by atoms with E-state index in [1.807, 2.05) is 43.3 Å². The van der Waals surface area contributed by atoms with E-state index in [9.17, 15) is 9.18 Å². The fourth-order valence-electron chi connectivity index (χ4n) is 3.15. The Hall–Kier alpha value is -2.16. The lowest BCUT2D eigenvalue weighted by Crippen LogP contribution is -2.39. The monoisotopic (exact) mass is 510 g/mol. The van der Waals surface area contributed by atoms with Gasteiger partial charge in [-0.1, -0.05) is 30.3 Å². The van der Waals surface area contributed by atoms with Gasteiger partial charge in [0.25, 0.3) is 5.91 Å². The number of hydrogen-bond acceptors (Lipinski definition) is 2. The van der Waals surface area contributed by atoms with Crippen LogP contribution in [0.4, 0.5) is 4.39 Å². The van der Waals surface area contributed by atoms with Crippen molar-refractivity contribution in [1.29, 1.82) is 0 Å². The van der Waals surface area contributed by atoms with Gasteiger partial charge in [0, 0.05) is 38.2 Å². The van der Waals surface area contributed by atoms with E-state index in [2.05, 4.69) is 15.6 Å². The minimum absolute atomic E-state index is 0. The van der Waals surface area contributed by atoms with Crippen LogP contribution in [0.3, 0.4) is 0 Å².